The van der Waals surface area contributed by atoms with Gasteiger partial charge in [-0.1, -0.05) is 43.3 Å². The minimum absolute atomic E-state index is 0.0105. The van der Waals surface area contributed by atoms with Crippen molar-refractivity contribution >= 4 is 17.2 Å². The second-order valence-corrected chi connectivity index (χ2v) is 6.65. The first-order valence-electron chi connectivity index (χ1n) is 9.36. The van der Waals surface area contributed by atoms with Gasteiger partial charge in [0.15, 0.2) is 5.65 Å². The number of aromatic nitrogens is 4. The second-order valence-electron chi connectivity index (χ2n) is 6.65. The molecule has 28 heavy (non-hydrogen) atoms. The van der Waals surface area contributed by atoms with Gasteiger partial charge in [-0.3, -0.25) is 4.79 Å². The van der Waals surface area contributed by atoms with E-state index in [-0.39, 0.29) is 5.91 Å². The Morgan fingerprint density at radius 1 is 0.964 bits per heavy atom. The molecule has 1 N–H and O–H groups in total. The van der Waals surface area contributed by atoms with Gasteiger partial charge in [0.05, 0.1) is 5.69 Å². The van der Waals surface area contributed by atoms with Crippen LogP contribution in [-0.2, 0) is 17.6 Å². The first-order valence-corrected chi connectivity index (χ1v) is 9.36. The summed E-state index contributed by atoms with van der Waals surface area (Å²) in [6.45, 7) is 2.14. The first-order chi connectivity index (χ1) is 13.7. The Morgan fingerprint density at radius 3 is 2.46 bits per heavy atom. The summed E-state index contributed by atoms with van der Waals surface area (Å²) in [5.41, 5.74) is 5.76. The van der Waals surface area contributed by atoms with Crippen LogP contribution in [0.15, 0.2) is 67.0 Å². The van der Waals surface area contributed by atoms with E-state index in [0.29, 0.717) is 12.1 Å². The van der Waals surface area contributed by atoms with E-state index in [9.17, 15) is 4.79 Å². The van der Waals surface area contributed by atoms with E-state index in [1.807, 2.05) is 36.4 Å². The van der Waals surface area contributed by atoms with Crippen LogP contribution >= 0.6 is 0 Å². The Morgan fingerprint density at radius 2 is 1.71 bits per heavy atom. The molecule has 0 atom stereocenters. The number of nitrogens with one attached hydrogen (secondary N) is 1. The molecule has 2 heterocycles. The van der Waals surface area contributed by atoms with E-state index in [1.54, 1.807) is 10.8 Å². The summed E-state index contributed by atoms with van der Waals surface area (Å²) < 4.78 is 1.64. The molecule has 0 aliphatic heterocycles. The van der Waals surface area contributed by atoms with Crippen LogP contribution in [0.3, 0.4) is 0 Å². The number of amides is 1. The van der Waals surface area contributed by atoms with E-state index in [1.165, 1.54) is 11.1 Å². The van der Waals surface area contributed by atoms with E-state index in [2.05, 4.69) is 51.8 Å². The second kappa shape index (κ2) is 8.00. The fourth-order valence-corrected chi connectivity index (χ4v) is 3.03. The number of benzene rings is 2. The molecule has 0 saturated carbocycles. The highest BCUT2D eigenvalue weighted by Crippen LogP contribution is 2.20. The fraction of sp³-hybridized carbons (Fsp3) is 0.182. The summed E-state index contributed by atoms with van der Waals surface area (Å²) in [6, 6.07) is 19.9. The molecule has 4 aromatic rings. The van der Waals surface area contributed by atoms with Crippen LogP contribution in [0.5, 0.6) is 0 Å². The van der Waals surface area contributed by atoms with Crippen molar-refractivity contribution in [2.75, 3.05) is 5.32 Å². The molecule has 6 heteroatoms. The Balaban J connectivity index is 1.36. The fourth-order valence-electron chi connectivity index (χ4n) is 3.03. The largest absolute Gasteiger partial charge is 0.326 e. The third kappa shape index (κ3) is 4.06. The highest BCUT2D eigenvalue weighted by Gasteiger charge is 2.06. The number of carbonyl (C=O) groups excluding carboxylic acids is 1. The lowest BCUT2D eigenvalue weighted by Crippen LogP contribution is -2.12. The molecular weight excluding hydrogens is 350 g/mol. The summed E-state index contributed by atoms with van der Waals surface area (Å²) in [5.74, 6) is 0.0105. The van der Waals surface area contributed by atoms with Crippen LogP contribution < -0.4 is 5.32 Å². The molecule has 1 amide bonds. The zero-order valence-electron chi connectivity index (χ0n) is 15.7. The maximum Gasteiger partial charge on any atom is 0.224 e. The topological polar surface area (TPSA) is 72.2 Å². The van der Waals surface area contributed by atoms with E-state index in [4.69, 9.17) is 0 Å². The number of fused-ring (bicyclic) bond motifs is 1. The zero-order chi connectivity index (χ0) is 19.3. The van der Waals surface area contributed by atoms with Crippen molar-refractivity contribution in [3.05, 3.63) is 78.1 Å². The Kier molecular flexibility index (Phi) is 5.10. The molecule has 6 nitrogen and oxygen atoms in total. The number of hydrogen-bond acceptors (Lipinski definition) is 4. The molecule has 0 aliphatic carbocycles. The van der Waals surface area contributed by atoms with E-state index < -0.39 is 0 Å². The van der Waals surface area contributed by atoms with Crippen molar-refractivity contribution in [3.63, 3.8) is 0 Å². The molecule has 0 unspecified atom stereocenters. The van der Waals surface area contributed by atoms with Crippen molar-refractivity contribution in [2.24, 2.45) is 0 Å². The quantitative estimate of drug-likeness (QED) is 0.557. The van der Waals surface area contributed by atoms with Gasteiger partial charge in [0.2, 0.25) is 5.91 Å². The summed E-state index contributed by atoms with van der Waals surface area (Å²) in [6.07, 6.45) is 3.79. The predicted molar refractivity (Wildman–Crippen MR) is 109 cm³/mol. The van der Waals surface area contributed by atoms with Crippen LogP contribution in [0.25, 0.3) is 16.9 Å². The Labute approximate surface area is 163 Å². The van der Waals surface area contributed by atoms with Gasteiger partial charge in [0.25, 0.3) is 0 Å². The van der Waals surface area contributed by atoms with E-state index in [0.717, 1.165) is 29.8 Å². The lowest BCUT2D eigenvalue weighted by molar-refractivity contribution is -0.116. The van der Waals surface area contributed by atoms with Crippen molar-refractivity contribution < 1.29 is 4.79 Å². The minimum atomic E-state index is 0.0105. The van der Waals surface area contributed by atoms with Crippen molar-refractivity contribution in [3.8, 4) is 11.3 Å². The van der Waals surface area contributed by atoms with Crippen molar-refractivity contribution in [1.29, 1.82) is 0 Å². The standard InChI is InChI=1S/C22H21N5O/c1-2-16-3-5-17(6-4-16)7-14-22(28)24-19-10-8-18(9-11-19)20-12-13-21-25-23-15-27(21)26-20/h3-6,8-13,15H,2,7,14H2,1H3,(H,24,28). The molecule has 0 bridgehead atoms. The molecule has 0 radical (unpaired) electrons. The molecule has 140 valence electrons. The maximum atomic E-state index is 12.2. The average molecular weight is 371 g/mol. The van der Waals surface area contributed by atoms with Crippen molar-refractivity contribution in [2.45, 2.75) is 26.2 Å². The number of nitrogens with zero attached hydrogens (tertiary/aromatic N) is 4. The summed E-state index contributed by atoms with van der Waals surface area (Å²) in [5, 5.41) is 15.2. The maximum absolute atomic E-state index is 12.2. The van der Waals surface area contributed by atoms with Gasteiger partial charge >= 0.3 is 0 Å². The lowest BCUT2D eigenvalue weighted by atomic mass is 10.1. The van der Waals surface area contributed by atoms with Crippen LogP contribution in [0.4, 0.5) is 5.69 Å². The van der Waals surface area contributed by atoms with Crippen molar-refractivity contribution in [1.82, 2.24) is 19.8 Å². The predicted octanol–water partition coefficient (Wildman–Crippen LogP) is 3.93. The molecule has 0 spiro atoms. The lowest BCUT2D eigenvalue weighted by Gasteiger charge is -2.07. The molecule has 2 aromatic heterocycles. The average Bonchev–Trinajstić information content (AvgIpc) is 3.21. The Hall–Kier alpha value is -3.54. The Bertz CT molecular complexity index is 1080. The van der Waals surface area contributed by atoms with E-state index >= 15 is 0 Å². The van der Waals surface area contributed by atoms with Crippen LogP contribution in [0.1, 0.15) is 24.5 Å². The highest BCUT2D eigenvalue weighted by molar-refractivity contribution is 5.91. The SMILES string of the molecule is CCc1ccc(CCC(=O)Nc2ccc(-c3ccc4nncn4n3)cc2)cc1. The molecule has 0 aliphatic rings. The smallest absolute Gasteiger partial charge is 0.224 e. The van der Waals surface area contributed by atoms with Gasteiger partial charge in [-0.2, -0.15) is 9.61 Å². The van der Waals surface area contributed by atoms with Gasteiger partial charge < -0.3 is 5.32 Å². The zero-order valence-corrected chi connectivity index (χ0v) is 15.7. The molecule has 0 saturated heterocycles. The summed E-state index contributed by atoms with van der Waals surface area (Å²) >= 11 is 0. The first kappa shape index (κ1) is 17.9. The number of anilines is 1. The number of aryl methyl sites for hydroxylation is 2. The molecule has 4 rings (SSSR count). The number of hydrogen-bond donors (Lipinski definition) is 1. The summed E-state index contributed by atoms with van der Waals surface area (Å²) in [4.78, 5) is 12.2. The molecular formula is C22H21N5O. The van der Waals surface area contributed by atoms with Gasteiger partial charge in [-0.25, -0.2) is 0 Å². The van der Waals surface area contributed by atoms with Crippen LogP contribution in [-0.4, -0.2) is 25.7 Å². The van der Waals surface area contributed by atoms with Crippen LogP contribution in [0.2, 0.25) is 0 Å². The normalized spacial score (nSPS) is 10.9. The monoisotopic (exact) mass is 371 g/mol. The van der Waals surface area contributed by atoms with Gasteiger partial charge in [-0.05, 0) is 48.2 Å². The molecule has 0 fully saturated rings. The van der Waals surface area contributed by atoms with Crippen LogP contribution in [0, 0.1) is 0 Å². The number of rotatable bonds is 6. The summed E-state index contributed by atoms with van der Waals surface area (Å²) in [7, 11) is 0. The minimum Gasteiger partial charge on any atom is -0.326 e. The van der Waals surface area contributed by atoms with Gasteiger partial charge in [0, 0.05) is 17.7 Å². The number of carbonyl (C=O) groups is 1. The third-order valence-corrected chi connectivity index (χ3v) is 4.70. The molecule has 2 aromatic carbocycles. The highest BCUT2D eigenvalue weighted by atomic mass is 16.1. The van der Waals surface area contributed by atoms with Gasteiger partial charge in [-0.15, -0.1) is 10.2 Å². The van der Waals surface area contributed by atoms with Gasteiger partial charge in [0.1, 0.15) is 6.33 Å². The third-order valence-electron chi connectivity index (χ3n) is 4.70.